The maximum Gasteiger partial charge on any atom is 0.212 e. The first-order valence-electron chi connectivity index (χ1n) is 20.0. The predicted molar refractivity (Wildman–Crippen MR) is 239 cm³/mol. The second-order valence-electron chi connectivity index (χ2n) is 15.3. The fourth-order valence-electron chi connectivity index (χ4n) is 9.73. The van der Waals surface area contributed by atoms with Crippen LogP contribution in [0.4, 0.5) is 5.69 Å². The average Bonchev–Trinajstić information content (AvgIpc) is 3.82. The zero-order valence-corrected chi connectivity index (χ0v) is 32.4. The van der Waals surface area contributed by atoms with Gasteiger partial charge in [0.2, 0.25) is 5.69 Å². The molecule has 7 heteroatoms. The Hall–Kier alpha value is -8.65. The Bertz CT molecular complexity index is 3400. The van der Waals surface area contributed by atoms with Crippen molar-refractivity contribution in [1.82, 2.24) is 19.5 Å². The van der Waals surface area contributed by atoms with Crippen LogP contribution in [-0.4, -0.2) is 19.5 Å². The van der Waals surface area contributed by atoms with Crippen LogP contribution in [0.25, 0.3) is 77.6 Å². The van der Waals surface area contributed by atoms with Crippen molar-refractivity contribution in [3.8, 4) is 68.5 Å². The Labute approximate surface area is 350 Å². The molecule has 10 aromatic rings. The number of hydrogen-bond donors (Lipinski definition) is 0. The van der Waals surface area contributed by atoms with Gasteiger partial charge in [0, 0.05) is 38.6 Å². The lowest BCUT2D eigenvalue weighted by Gasteiger charge is -2.39. The highest BCUT2D eigenvalue weighted by atomic mass is 16.5. The van der Waals surface area contributed by atoms with Crippen LogP contribution in [-0.2, 0) is 5.41 Å². The van der Waals surface area contributed by atoms with Gasteiger partial charge in [0.15, 0.2) is 17.5 Å². The molecule has 0 atom stereocenters. The summed E-state index contributed by atoms with van der Waals surface area (Å²) >= 11 is 0. The Morgan fingerprint density at radius 2 is 1.10 bits per heavy atom. The molecular formula is C54H30N6O. The molecule has 0 bridgehead atoms. The summed E-state index contributed by atoms with van der Waals surface area (Å²) in [5.41, 5.74) is 11.3. The summed E-state index contributed by atoms with van der Waals surface area (Å²) in [7, 11) is 0. The van der Waals surface area contributed by atoms with Crippen molar-refractivity contribution < 1.29 is 4.74 Å². The van der Waals surface area contributed by atoms with Gasteiger partial charge in [0.1, 0.15) is 11.5 Å². The van der Waals surface area contributed by atoms with E-state index >= 15 is 0 Å². The van der Waals surface area contributed by atoms with E-state index in [9.17, 15) is 5.26 Å². The van der Waals surface area contributed by atoms with E-state index in [2.05, 4.69) is 106 Å². The summed E-state index contributed by atoms with van der Waals surface area (Å²) in [5.74, 6) is 3.04. The summed E-state index contributed by atoms with van der Waals surface area (Å²) in [6.45, 7) is 8.61. The predicted octanol–water partition coefficient (Wildman–Crippen LogP) is 12.9. The first-order valence-corrected chi connectivity index (χ1v) is 20.0. The van der Waals surface area contributed by atoms with E-state index in [1.165, 1.54) is 5.56 Å². The van der Waals surface area contributed by atoms with Crippen molar-refractivity contribution in [2.75, 3.05) is 0 Å². The molecular weight excluding hydrogens is 749 g/mol. The summed E-state index contributed by atoms with van der Waals surface area (Å²) in [6.07, 6.45) is 0. The molecule has 0 N–H and O–H groups in total. The van der Waals surface area contributed by atoms with Crippen LogP contribution in [0.3, 0.4) is 0 Å². The molecule has 3 heterocycles. The molecule has 1 spiro atoms. The third-order valence-corrected chi connectivity index (χ3v) is 12.2. The van der Waals surface area contributed by atoms with Crippen molar-refractivity contribution in [2.24, 2.45) is 0 Å². The summed E-state index contributed by atoms with van der Waals surface area (Å²) in [5, 5.41) is 13.1. The monoisotopic (exact) mass is 778 g/mol. The second-order valence-corrected chi connectivity index (χ2v) is 15.3. The summed E-state index contributed by atoms with van der Waals surface area (Å²) in [4.78, 5) is 18.8. The maximum atomic E-state index is 11.0. The van der Waals surface area contributed by atoms with Crippen LogP contribution in [0.2, 0.25) is 0 Å². The number of hydrogen-bond acceptors (Lipinski definition) is 5. The highest BCUT2D eigenvalue weighted by Crippen LogP contribution is 2.63. The third kappa shape index (κ3) is 4.86. The number of fused-ring (bicyclic) bond motifs is 13. The molecule has 1 aliphatic heterocycles. The van der Waals surface area contributed by atoms with Crippen LogP contribution >= 0.6 is 0 Å². The van der Waals surface area contributed by atoms with E-state index in [-0.39, 0.29) is 0 Å². The standard InChI is InChI=1S/C54H30N6O/c1-56-43-31-35(53-58-51(33-16-4-2-5-17-33)57-52(59-53)34-18-6-3-7-19-34)30-36(32-55)50(43)60-44-25-13-9-21-38(44)49-45(60)29-28-42-48(49)37-20-8-10-22-39(37)54(42)40-23-11-14-26-46(40)61-47-27-15-12-24-41(47)54/h2-31H. The molecule has 0 unspecified atom stereocenters. The normalized spacial score (nSPS) is 12.8. The van der Waals surface area contributed by atoms with Gasteiger partial charge in [-0.2, -0.15) is 5.26 Å². The van der Waals surface area contributed by atoms with Gasteiger partial charge in [-0.15, -0.1) is 0 Å². The summed E-state index contributed by atoms with van der Waals surface area (Å²) in [6, 6.07) is 63.7. The Morgan fingerprint density at radius 1 is 0.541 bits per heavy atom. The fraction of sp³-hybridized carbons (Fsp3) is 0.0185. The van der Waals surface area contributed by atoms with Gasteiger partial charge in [0.25, 0.3) is 0 Å². The number of rotatable bonds is 4. The number of nitriles is 1. The number of aromatic nitrogens is 4. The van der Waals surface area contributed by atoms with E-state index in [1.54, 1.807) is 12.1 Å². The van der Waals surface area contributed by atoms with Crippen LogP contribution < -0.4 is 4.74 Å². The molecule has 61 heavy (non-hydrogen) atoms. The summed E-state index contributed by atoms with van der Waals surface area (Å²) < 4.78 is 8.68. The average molecular weight is 779 g/mol. The van der Waals surface area contributed by atoms with Gasteiger partial charge in [-0.3, -0.25) is 0 Å². The van der Waals surface area contributed by atoms with Crippen LogP contribution in [0, 0.1) is 17.9 Å². The lowest BCUT2D eigenvalue weighted by atomic mass is 9.66. The van der Waals surface area contributed by atoms with E-state index in [0.717, 1.165) is 72.2 Å². The largest absolute Gasteiger partial charge is 0.457 e. The molecule has 7 nitrogen and oxygen atoms in total. The molecule has 0 fully saturated rings. The van der Waals surface area contributed by atoms with E-state index in [0.29, 0.717) is 40.0 Å². The molecule has 2 aromatic heterocycles. The first-order chi connectivity index (χ1) is 30.2. The smallest absolute Gasteiger partial charge is 0.212 e. The van der Waals surface area contributed by atoms with Gasteiger partial charge < -0.3 is 9.30 Å². The van der Waals surface area contributed by atoms with Crippen molar-refractivity contribution in [1.29, 1.82) is 5.26 Å². The second kappa shape index (κ2) is 13.2. The molecule has 8 aromatic carbocycles. The lowest BCUT2D eigenvalue weighted by Crippen LogP contribution is -2.32. The topological polar surface area (TPSA) is 81.0 Å². The molecule has 0 saturated heterocycles. The third-order valence-electron chi connectivity index (χ3n) is 12.2. The molecule has 282 valence electrons. The molecule has 0 amide bonds. The molecule has 0 saturated carbocycles. The number of para-hydroxylation sites is 3. The van der Waals surface area contributed by atoms with E-state index in [4.69, 9.17) is 26.3 Å². The Kier molecular flexibility index (Phi) is 7.44. The number of benzene rings is 8. The minimum Gasteiger partial charge on any atom is -0.457 e. The fourth-order valence-corrected chi connectivity index (χ4v) is 9.73. The van der Waals surface area contributed by atoms with Crippen molar-refractivity contribution in [3.63, 3.8) is 0 Å². The van der Waals surface area contributed by atoms with Crippen molar-refractivity contribution >= 4 is 27.5 Å². The minimum atomic E-state index is -0.641. The Balaban J connectivity index is 1.13. The maximum absolute atomic E-state index is 11.0. The highest BCUT2D eigenvalue weighted by Gasteiger charge is 2.51. The number of ether oxygens (including phenoxy) is 1. The first kappa shape index (κ1) is 34.4. The lowest BCUT2D eigenvalue weighted by molar-refractivity contribution is 0.436. The van der Waals surface area contributed by atoms with E-state index in [1.807, 2.05) is 78.9 Å². The zero-order valence-electron chi connectivity index (χ0n) is 32.4. The minimum absolute atomic E-state index is 0.310. The molecule has 1 aliphatic carbocycles. The number of nitrogens with zero attached hydrogens (tertiary/aromatic N) is 6. The van der Waals surface area contributed by atoms with Gasteiger partial charge >= 0.3 is 0 Å². The quantitative estimate of drug-likeness (QED) is 0.166. The van der Waals surface area contributed by atoms with Crippen LogP contribution in [0.15, 0.2) is 182 Å². The van der Waals surface area contributed by atoms with Gasteiger partial charge in [-0.25, -0.2) is 19.8 Å². The molecule has 12 rings (SSSR count). The van der Waals surface area contributed by atoms with Gasteiger partial charge in [0.05, 0.1) is 40.3 Å². The Morgan fingerprint density at radius 3 is 1.74 bits per heavy atom. The van der Waals surface area contributed by atoms with Crippen molar-refractivity contribution in [2.45, 2.75) is 5.41 Å². The van der Waals surface area contributed by atoms with Crippen LogP contribution in [0.1, 0.15) is 27.8 Å². The van der Waals surface area contributed by atoms with Crippen LogP contribution in [0.5, 0.6) is 11.5 Å². The SMILES string of the molecule is [C-]#[N+]c1cc(-c2nc(-c3ccccc3)nc(-c3ccccc3)n2)cc(C#N)c1-n1c2ccccc2c2c3c(ccc21)C1(c2ccccc2Oc2ccccc21)c1ccccc1-3. The molecule has 2 aliphatic rings. The van der Waals surface area contributed by atoms with Gasteiger partial charge in [-0.05, 0) is 58.7 Å². The highest BCUT2D eigenvalue weighted by molar-refractivity contribution is 6.19. The zero-order chi connectivity index (χ0) is 40.7. The van der Waals surface area contributed by atoms with Gasteiger partial charge in [-0.1, -0.05) is 146 Å². The van der Waals surface area contributed by atoms with Crippen molar-refractivity contribution in [3.05, 3.63) is 221 Å². The van der Waals surface area contributed by atoms with E-state index < -0.39 is 5.41 Å². The molecule has 0 radical (unpaired) electrons.